The first-order chi connectivity index (χ1) is 13.5. The van der Waals surface area contributed by atoms with Crippen LogP contribution in [0.1, 0.15) is 32.1 Å². The molecule has 4 bridgehead atoms. The van der Waals surface area contributed by atoms with E-state index >= 15 is 0 Å². The van der Waals surface area contributed by atoms with Gasteiger partial charge >= 0.3 is 0 Å². The van der Waals surface area contributed by atoms with Crippen molar-refractivity contribution in [3.63, 3.8) is 0 Å². The van der Waals surface area contributed by atoms with E-state index in [2.05, 4.69) is 10.4 Å². The maximum atomic E-state index is 13.2. The van der Waals surface area contributed by atoms with Gasteiger partial charge in [0.2, 0.25) is 0 Å². The smallest absolute Gasteiger partial charge is 0.288 e. The standard InChI is InChI=1S/C21H22ClN3O3/c22-18-16(24-15-4-2-1-3-5-15)11-23-25(19(18)26)21-9-12-6-13(10-21)8-14(7-12)17(21)20(27)28/h1-5,11-14,17,24H,6-10H2,(H,27,28)/p-1/t12-,13+,14?,17-,21?/m0/s1. The molecule has 1 aromatic carbocycles. The maximum absolute atomic E-state index is 13.2. The molecule has 1 N–H and O–H groups in total. The van der Waals surface area contributed by atoms with Gasteiger partial charge in [0.25, 0.3) is 5.56 Å². The summed E-state index contributed by atoms with van der Waals surface area (Å²) < 4.78 is 1.37. The second-order valence-corrected chi connectivity index (χ2v) is 8.97. The summed E-state index contributed by atoms with van der Waals surface area (Å²) in [6, 6.07) is 9.39. The maximum Gasteiger partial charge on any atom is 0.288 e. The van der Waals surface area contributed by atoms with Crippen LogP contribution in [0.15, 0.2) is 41.3 Å². The molecule has 0 amide bonds. The fourth-order valence-electron chi connectivity index (χ4n) is 6.23. The lowest BCUT2D eigenvalue weighted by atomic mass is 9.48. The van der Waals surface area contributed by atoms with Crippen molar-refractivity contribution >= 4 is 28.9 Å². The van der Waals surface area contributed by atoms with Gasteiger partial charge in [-0.05, 0) is 62.0 Å². The lowest BCUT2D eigenvalue weighted by Crippen LogP contribution is -2.65. The average molecular weight is 399 g/mol. The van der Waals surface area contributed by atoms with Gasteiger partial charge in [0, 0.05) is 17.6 Å². The molecule has 4 saturated carbocycles. The normalized spacial score (nSPS) is 33.0. The lowest BCUT2D eigenvalue weighted by molar-refractivity contribution is -0.323. The van der Waals surface area contributed by atoms with E-state index in [1.54, 1.807) is 0 Å². The number of hydrogen-bond acceptors (Lipinski definition) is 5. The van der Waals surface area contributed by atoms with Crippen molar-refractivity contribution in [2.75, 3.05) is 5.32 Å². The van der Waals surface area contributed by atoms with Crippen molar-refractivity contribution in [1.82, 2.24) is 9.78 Å². The van der Waals surface area contributed by atoms with E-state index in [0.717, 1.165) is 24.9 Å². The molecular weight excluding hydrogens is 378 g/mol. The fraction of sp³-hybridized carbons (Fsp3) is 0.476. The first kappa shape index (κ1) is 17.7. The number of benzene rings is 1. The SMILES string of the molecule is O=C([O-])[C@@H]1C2C[C@@H]3C[C@H](C2)CC1(n1ncc(Nc2ccccc2)c(Cl)c1=O)C3. The van der Waals surface area contributed by atoms with Crippen molar-refractivity contribution in [1.29, 1.82) is 0 Å². The number of hydrogen-bond donors (Lipinski definition) is 1. The molecule has 2 unspecified atom stereocenters. The zero-order valence-corrected chi connectivity index (χ0v) is 16.1. The van der Waals surface area contributed by atoms with E-state index in [-0.39, 0.29) is 10.9 Å². The molecule has 0 spiro atoms. The van der Waals surface area contributed by atoms with Gasteiger partial charge < -0.3 is 15.2 Å². The van der Waals surface area contributed by atoms with Crippen LogP contribution in [0.2, 0.25) is 5.02 Å². The summed E-state index contributed by atoms with van der Waals surface area (Å²) in [5.74, 6) is -0.800. The summed E-state index contributed by atoms with van der Waals surface area (Å²) >= 11 is 6.42. The number of rotatable bonds is 4. The van der Waals surface area contributed by atoms with Crippen molar-refractivity contribution in [2.24, 2.45) is 23.7 Å². The predicted molar refractivity (Wildman–Crippen MR) is 103 cm³/mol. The Kier molecular flexibility index (Phi) is 4.02. The number of nitrogens with one attached hydrogen (secondary N) is 1. The highest BCUT2D eigenvalue weighted by molar-refractivity contribution is 6.33. The van der Waals surface area contributed by atoms with E-state index in [4.69, 9.17) is 11.6 Å². The van der Waals surface area contributed by atoms with Gasteiger partial charge in [-0.1, -0.05) is 29.8 Å². The highest BCUT2D eigenvalue weighted by Crippen LogP contribution is 2.61. The second-order valence-electron chi connectivity index (χ2n) is 8.59. The number of halogens is 1. The third-order valence-corrected chi connectivity index (χ3v) is 7.29. The number of aromatic nitrogens is 2. The van der Waals surface area contributed by atoms with Crippen LogP contribution in [-0.2, 0) is 10.3 Å². The Morgan fingerprint density at radius 3 is 2.50 bits per heavy atom. The molecule has 6 nitrogen and oxygen atoms in total. The molecular formula is C21H21ClN3O3-. The first-order valence-electron chi connectivity index (χ1n) is 9.79. The van der Waals surface area contributed by atoms with Crippen LogP contribution in [-0.4, -0.2) is 15.7 Å². The molecule has 146 valence electrons. The summed E-state index contributed by atoms with van der Waals surface area (Å²) in [7, 11) is 0. The molecule has 4 aliphatic carbocycles. The van der Waals surface area contributed by atoms with Gasteiger partial charge in [0.15, 0.2) is 0 Å². The molecule has 1 heterocycles. The van der Waals surface area contributed by atoms with Crippen molar-refractivity contribution in [2.45, 2.75) is 37.6 Å². The highest BCUT2D eigenvalue weighted by Gasteiger charge is 2.59. The Morgan fingerprint density at radius 1 is 1.18 bits per heavy atom. The predicted octanol–water partition coefficient (Wildman–Crippen LogP) is 2.54. The van der Waals surface area contributed by atoms with Crippen molar-refractivity contribution in [3.05, 3.63) is 51.9 Å². The molecule has 5 atom stereocenters. The van der Waals surface area contributed by atoms with E-state index < -0.39 is 23.0 Å². The minimum absolute atomic E-state index is 0.0340. The Hall–Kier alpha value is -2.34. The third-order valence-electron chi connectivity index (χ3n) is 6.92. The molecule has 7 heteroatoms. The Morgan fingerprint density at radius 2 is 1.86 bits per heavy atom. The molecule has 4 aliphatic rings. The van der Waals surface area contributed by atoms with E-state index in [0.29, 0.717) is 30.4 Å². The zero-order chi connectivity index (χ0) is 19.5. The van der Waals surface area contributed by atoms with Gasteiger partial charge in [-0.2, -0.15) is 5.10 Å². The molecule has 28 heavy (non-hydrogen) atoms. The van der Waals surface area contributed by atoms with Crippen molar-refractivity contribution < 1.29 is 9.90 Å². The van der Waals surface area contributed by atoms with Gasteiger partial charge in [0.1, 0.15) is 5.02 Å². The summed E-state index contributed by atoms with van der Waals surface area (Å²) in [5.41, 5.74) is -0.0371. The summed E-state index contributed by atoms with van der Waals surface area (Å²) in [4.78, 5) is 25.3. The van der Waals surface area contributed by atoms with Gasteiger partial charge in [-0.25, -0.2) is 4.68 Å². The minimum Gasteiger partial charge on any atom is -0.550 e. The van der Waals surface area contributed by atoms with Crippen LogP contribution in [0.25, 0.3) is 0 Å². The van der Waals surface area contributed by atoms with Gasteiger partial charge in [-0.15, -0.1) is 0 Å². The quantitative estimate of drug-likeness (QED) is 0.855. The van der Waals surface area contributed by atoms with E-state index in [9.17, 15) is 14.7 Å². The molecule has 0 saturated heterocycles. The second kappa shape index (κ2) is 6.34. The van der Waals surface area contributed by atoms with Crippen molar-refractivity contribution in [3.8, 4) is 0 Å². The summed E-state index contributed by atoms with van der Waals surface area (Å²) in [6.45, 7) is 0. The molecule has 0 aliphatic heterocycles. The fourth-order valence-corrected chi connectivity index (χ4v) is 6.40. The number of aliphatic carboxylic acids is 1. The number of carboxylic acid groups (broad SMARTS) is 1. The van der Waals surface area contributed by atoms with Gasteiger partial charge in [-0.3, -0.25) is 4.79 Å². The number of carboxylic acids is 1. The van der Waals surface area contributed by atoms with Crippen LogP contribution in [0.3, 0.4) is 0 Å². The van der Waals surface area contributed by atoms with Crippen LogP contribution in [0.4, 0.5) is 11.4 Å². The minimum atomic E-state index is -1.07. The number of anilines is 2. The Labute approximate surface area is 167 Å². The van der Waals surface area contributed by atoms with Crippen LogP contribution >= 0.6 is 11.6 Å². The molecule has 6 rings (SSSR count). The summed E-state index contributed by atoms with van der Waals surface area (Å²) in [5, 5.41) is 19.6. The van der Waals surface area contributed by atoms with Crippen LogP contribution in [0.5, 0.6) is 0 Å². The molecule has 1 aromatic heterocycles. The average Bonchev–Trinajstić information content (AvgIpc) is 2.65. The largest absolute Gasteiger partial charge is 0.550 e. The Balaban J connectivity index is 1.58. The molecule has 0 radical (unpaired) electrons. The monoisotopic (exact) mass is 398 g/mol. The Bertz CT molecular complexity index is 976. The number of para-hydroxylation sites is 1. The lowest BCUT2D eigenvalue weighted by Gasteiger charge is -2.61. The zero-order valence-electron chi connectivity index (χ0n) is 15.3. The van der Waals surface area contributed by atoms with Crippen LogP contribution in [0, 0.1) is 23.7 Å². The van der Waals surface area contributed by atoms with E-state index in [1.165, 1.54) is 10.9 Å². The summed E-state index contributed by atoms with van der Waals surface area (Å²) in [6.07, 6.45) is 5.79. The molecule has 4 fully saturated rings. The number of nitrogens with zero attached hydrogens (tertiary/aromatic N) is 2. The number of carbonyl (C=O) groups excluding carboxylic acids is 1. The number of carbonyl (C=O) groups is 1. The molecule has 2 aromatic rings. The van der Waals surface area contributed by atoms with Gasteiger partial charge in [0.05, 0.1) is 17.4 Å². The van der Waals surface area contributed by atoms with E-state index in [1.807, 2.05) is 30.3 Å². The topological polar surface area (TPSA) is 87.0 Å². The highest BCUT2D eigenvalue weighted by atomic mass is 35.5. The third kappa shape index (κ3) is 2.58. The van der Waals surface area contributed by atoms with Crippen LogP contribution < -0.4 is 16.0 Å². The first-order valence-corrected chi connectivity index (χ1v) is 10.2.